The predicted octanol–water partition coefficient (Wildman–Crippen LogP) is 1.17. The van der Waals surface area contributed by atoms with E-state index >= 15 is 0 Å². The first-order valence-corrected chi connectivity index (χ1v) is 7.07. The van der Waals surface area contributed by atoms with Crippen LogP contribution < -0.4 is 5.73 Å². The number of carbonyl (C=O) groups is 2. The van der Waals surface area contributed by atoms with Crippen molar-refractivity contribution >= 4 is 17.6 Å². The number of aromatic nitrogens is 1. The van der Waals surface area contributed by atoms with E-state index in [2.05, 4.69) is 4.98 Å². The number of rotatable bonds is 4. The zero-order valence-electron chi connectivity index (χ0n) is 12.4. The van der Waals surface area contributed by atoms with Crippen molar-refractivity contribution in [2.75, 3.05) is 18.8 Å². The first kappa shape index (κ1) is 15.3. The van der Waals surface area contributed by atoms with E-state index in [9.17, 15) is 14.7 Å². The van der Waals surface area contributed by atoms with Gasteiger partial charge in [-0.3, -0.25) is 14.6 Å². The van der Waals surface area contributed by atoms with Crippen molar-refractivity contribution in [3.8, 4) is 0 Å². The number of nitrogen functional groups attached to an aromatic ring is 1. The SMILES string of the molecule is CC(C)C1(C(=O)O)CCN(C(=O)Cc2ccc(N)cn2)C1. The van der Waals surface area contributed by atoms with Crippen molar-refractivity contribution in [1.82, 2.24) is 9.88 Å². The van der Waals surface area contributed by atoms with Crippen LogP contribution in [0, 0.1) is 11.3 Å². The van der Waals surface area contributed by atoms with Crippen LogP contribution >= 0.6 is 0 Å². The highest BCUT2D eigenvalue weighted by Gasteiger charge is 2.48. The Kier molecular flexibility index (Phi) is 4.16. The third-order valence-corrected chi connectivity index (χ3v) is 4.36. The molecule has 0 spiro atoms. The minimum absolute atomic E-state index is 0.0116. The highest BCUT2D eigenvalue weighted by Crippen LogP contribution is 2.38. The van der Waals surface area contributed by atoms with Gasteiger partial charge < -0.3 is 15.7 Å². The highest BCUT2D eigenvalue weighted by molar-refractivity contribution is 5.82. The topological polar surface area (TPSA) is 96.5 Å². The van der Waals surface area contributed by atoms with Gasteiger partial charge in [-0.1, -0.05) is 13.8 Å². The van der Waals surface area contributed by atoms with Crippen LogP contribution in [0.25, 0.3) is 0 Å². The highest BCUT2D eigenvalue weighted by atomic mass is 16.4. The van der Waals surface area contributed by atoms with Gasteiger partial charge in [0.1, 0.15) is 0 Å². The number of carboxylic acid groups (broad SMARTS) is 1. The summed E-state index contributed by atoms with van der Waals surface area (Å²) in [5.74, 6) is -0.920. The second-order valence-corrected chi connectivity index (χ2v) is 5.94. The lowest BCUT2D eigenvalue weighted by Crippen LogP contribution is -2.41. The number of carbonyl (C=O) groups excluding carboxylic acids is 1. The Labute approximate surface area is 124 Å². The molecule has 0 bridgehead atoms. The number of likely N-dealkylation sites (tertiary alicyclic amines) is 1. The first-order chi connectivity index (χ1) is 9.85. The molecule has 114 valence electrons. The van der Waals surface area contributed by atoms with Crippen molar-refractivity contribution in [2.45, 2.75) is 26.7 Å². The summed E-state index contributed by atoms with van der Waals surface area (Å²) in [6.45, 7) is 4.54. The molecule has 1 aromatic heterocycles. The molecular weight excluding hydrogens is 270 g/mol. The summed E-state index contributed by atoms with van der Waals surface area (Å²) in [5, 5.41) is 9.49. The van der Waals surface area contributed by atoms with Crippen LogP contribution in [-0.2, 0) is 16.0 Å². The molecule has 1 amide bonds. The Morgan fingerprint density at radius 3 is 2.67 bits per heavy atom. The van der Waals surface area contributed by atoms with Crippen LogP contribution in [0.2, 0.25) is 0 Å². The van der Waals surface area contributed by atoms with E-state index in [1.807, 2.05) is 13.8 Å². The molecule has 0 radical (unpaired) electrons. The third-order valence-electron chi connectivity index (χ3n) is 4.36. The maximum Gasteiger partial charge on any atom is 0.311 e. The van der Waals surface area contributed by atoms with E-state index in [0.29, 0.717) is 24.3 Å². The van der Waals surface area contributed by atoms with Crippen molar-refractivity contribution in [3.05, 3.63) is 24.0 Å². The van der Waals surface area contributed by atoms with Crippen LogP contribution in [0.1, 0.15) is 26.0 Å². The van der Waals surface area contributed by atoms with Gasteiger partial charge in [0.2, 0.25) is 5.91 Å². The Balaban J connectivity index is 2.05. The van der Waals surface area contributed by atoms with Crippen LogP contribution in [-0.4, -0.2) is 40.0 Å². The molecular formula is C15H21N3O3. The second kappa shape index (κ2) is 5.71. The minimum atomic E-state index is -0.829. The summed E-state index contributed by atoms with van der Waals surface area (Å²) in [6, 6.07) is 3.42. The van der Waals surface area contributed by atoms with Crippen molar-refractivity contribution < 1.29 is 14.7 Å². The van der Waals surface area contributed by atoms with E-state index in [1.165, 1.54) is 6.20 Å². The van der Waals surface area contributed by atoms with Gasteiger partial charge in [0.05, 0.1) is 23.7 Å². The van der Waals surface area contributed by atoms with Gasteiger partial charge in [0.15, 0.2) is 0 Å². The summed E-state index contributed by atoms with van der Waals surface area (Å²) >= 11 is 0. The smallest absolute Gasteiger partial charge is 0.311 e. The molecule has 2 rings (SSSR count). The average Bonchev–Trinajstić information content (AvgIpc) is 2.88. The number of nitrogens with two attached hydrogens (primary N) is 1. The van der Waals surface area contributed by atoms with E-state index in [0.717, 1.165) is 0 Å². The van der Waals surface area contributed by atoms with Crippen LogP contribution in [0.4, 0.5) is 5.69 Å². The molecule has 3 N–H and O–H groups in total. The fourth-order valence-corrected chi connectivity index (χ4v) is 2.75. The quantitative estimate of drug-likeness (QED) is 0.868. The summed E-state index contributed by atoms with van der Waals surface area (Å²) in [6.07, 6.45) is 2.19. The average molecular weight is 291 g/mol. The normalized spacial score (nSPS) is 21.8. The number of hydrogen-bond acceptors (Lipinski definition) is 4. The maximum atomic E-state index is 12.3. The summed E-state index contributed by atoms with van der Waals surface area (Å²) in [4.78, 5) is 29.6. The molecule has 1 saturated heterocycles. The molecule has 1 aromatic rings. The standard InChI is InChI=1S/C15H21N3O3/c1-10(2)15(14(20)21)5-6-18(9-15)13(19)7-12-4-3-11(16)8-17-12/h3-4,8,10H,5-7,9,16H2,1-2H3,(H,20,21). The van der Waals surface area contributed by atoms with Gasteiger partial charge >= 0.3 is 5.97 Å². The number of aliphatic carboxylic acids is 1. The molecule has 1 aliphatic heterocycles. The fourth-order valence-electron chi connectivity index (χ4n) is 2.75. The molecule has 21 heavy (non-hydrogen) atoms. The van der Waals surface area contributed by atoms with Crippen molar-refractivity contribution in [2.24, 2.45) is 11.3 Å². The Hall–Kier alpha value is -2.11. The van der Waals surface area contributed by atoms with Crippen LogP contribution in [0.3, 0.4) is 0 Å². The molecule has 6 heteroatoms. The molecule has 1 unspecified atom stereocenters. The lowest BCUT2D eigenvalue weighted by molar-refractivity contribution is -0.151. The van der Waals surface area contributed by atoms with E-state index in [-0.39, 0.29) is 24.8 Å². The number of pyridine rings is 1. The third kappa shape index (κ3) is 2.99. The molecule has 0 aliphatic carbocycles. The summed E-state index contributed by atoms with van der Waals surface area (Å²) in [7, 11) is 0. The number of anilines is 1. The molecule has 2 heterocycles. The molecule has 6 nitrogen and oxygen atoms in total. The monoisotopic (exact) mass is 291 g/mol. The number of carboxylic acids is 1. The maximum absolute atomic E-state index is 12.3. The van der Waals surface area contributed by atoms with Gasteiger partial charge in [-0.05, 0) is 24.5 Å². The zero-order valence-corrected chi connectivity index (χ0v) is 12.4. The second-order valence-electron chi connectivity index (χ2n) is 5.94. The molecule has 1 aliphatic rings. The van der Waals surface area contributed by atoms with E-state index in [4.69, 9.17) is 5.73 Å². The molecule has 0 aromatic carbocycles. The lowest BCUT2D eigenvalue weighted by Gasteiger charge is -2.28. The van der Waals surface area contributed by atoms with Crippen LogP contribution in [0.15, 0.2) is 18.3 Å². The summed E-state index contributed by atoms with van der Waals surface area (Å²) < 4.78 is 0. The minimum Gasteiger partial charge on any atom is -0.481 e. The largest absolute Gasteiger partial charge is 0.481 e. The predicted molar refractivity (Wildman–Crippen MR) is 78.5 cm³/mol. The molecule has 1 fully saturated rings. The van der Waals surface area contributed by atoms with Crippen LogP contribution in [0.5, 0.6) is 0 Å². The van der Waals surface area contributed by atoms with Gasteiger partial charge in [0.25, 0.3) is 0 Å². The fraction of sp³-hybridized carbons (Fsp3) is 0.533. The first-order valence-electron chi connectivity index (χ1n) is 7.07. The molecule has 1 atom stereocenters. The van der Waals surface area contributed by atoms with Crippen molar-refractivity contribution in [1.29, 1.82) is 0 Å². The number of hydrogen-bond donors (Lipinski definition) is 2. The Morgan fingerprint density at radius 2 is 2.19 bits per heavy atom. The molecule has 0 saturated carbocycles. The van der Waals surface area contributed by atoms with E-state index < -0.39 is 11.4 Å². The van der Waals surface area contributed by atoms with E-state index in [1.54, 1.807) is 17.0 Å². The zero-order chi connectivity index (χ0) is 15.6. The van der Waals surface area contributed by atoms with Gasteiger partial charge in [-0.15, -0.1) is 0 Å². The van der Waals surface area contributed by atoms with Gasteiger partial charge in [0, 0.05) is 18.8 Å². The Bertz CT molecular complexity index is 542. The Morgan fingerprint density at radius 1 is 1.48 bits per heavy atom. The lowest BCUT2D eigenvalue weighted by atomic mass is 9.76. The number of amides is 1. The van der Waals surface area contributed by atoms with Gasteiger partial charge in [-0.25, -0.2) is 0 Å². The van der Waals surface area contributed by atoms with Crippen molar-refractivity contribution in [3.63, 3.8) is 0 Å². The number of nitrogens with zero attached hydrogens (tertiary/aromatic N) is 2. The van der Waals surface area contributed by atoms with Gasteiger partial charge in [-0.2, -0.15) is 0 Å². The summed E-state index contributed by atoms with van der Waals surface area (Å²) in [5.41, 5.74) is 5.93.